The number of aromatic nitrogens is 3. The number of nitrogens with one attached hydrogen (secondary N) is 1. The maximum atomic E-state index is 5.41. The van der Waals surface area contributed by atoms with Gasteiger partial charge in [0.2, 0.25) is 11.9 Å². The van der Waals surface area contributed by atoms with Gasteiger partial charge in [-0.05, 0) is 33.9 Å². The molecule has 0 spiro atoms. The van der Waals surface area contributed by atoms with E-state index in [2.05, 4.69) is 44.3 Å². The molecule has 0 saturated carbocycles. The Morgan fingerprint density at radius 2 is 2.20 bits per heavy atom. The van der Waals surface area contributed by atoms with Crippen molar-refractivity contribution < 1.29 is 4.74 Å². The smallest absolute Gasteiger partial charge is 0.323 e. The Kier molecular flexibility index (Phi) is 4.91. The number of hydrogen-bond donors (Lipinski definition) is 2. The Morgan fingerprint density at radius 3 is 2.85 bits per heavy atom. The molecule has 2 heterocycles. The summed E-state index contributed by atoms with van der Waals surface area (Å²) in [5.74, 6) is 6.37. The summed E-state index contributed by atoms with van der Waals surface area (Å²) < 4.78 is 5.37. The molecule has 112 valence electrons. The zero-order valence-electron chi connectivity index (χ0n) is 12.3. The van der Waals surface area contributed by atoms with E-state index in [4.69, 9.17) is 10.6 Å². The Balaban J connectivity index is 2.23. The van der Waals surface area contributed by atoms with Crippen LogP contribution in [-0.4, -0.2) is 59.7 Å². The molecule has 1 aromatic heterocycles. The fourth-order valence-corrected chi connectivity index (χ4v) is 2.44. The maximum Gasteiger partial charge on any atom is 0.323 e. The third kappa shape index (κ3) is 3.45. The summed E-state index contributed by atoms with van der Waals surface area (Å²) in [5, 5.41) is 0. The molecule has 1 atom stereocenters. The molecule has 8 nitrogen and oxygen atoms in total. The van der Waals surface area contributed by atoms with Crippen molar-refractivity contribution in [1.29, 1.82) is 0 Å². The number of hydrogen-bond acceptors (Lipinski definition) is 8. The molecule has 1 saturated heterocycles. The molecule has 1 unspecified atom stereocenters. The second-order valence-electron chi connectivity index (χ2n) is 5.07. The number of ether oxygens (including phenoxy) is 1. The van der Waals surface area contributed by atoms with Gasteiger partial charge in [-0.3, -0.25) is 5.43 Å². The molecule has 1 fully saturated rings. The van der Waals surface area contributed by atoms with Gasteiger partial charge in [-0.2, -0.15) is 15.0 Å². The van der Waals surface area contributed by atoms with Gasteiger partial charge in [-0.1, -0.05) is 0 Å². The summed E-state index contributed by atoms with van der Waals surface area (Å²) in [4.78, 5) is 17.2. The highest BCUT2D eigenvalue weighted by Crippen LogP contribution is 2.24. The van der Waals surface area contributed by atoms with Crippen molar-refractivity contribution in [3.63, 3.8) is 0 Å². The monoisotopic (exact) mass is 281 g/mol. The summed E-state index contributed by atoms with van der Waals surface area (Å²) in [6, 6.07) is 0.716. The Morgan fingerprint density at radius 1 is 1.40 bits per heavy atom. The lowest BCUT2D eigenvalue weighted by Crippen LogP contribution is -2.38. The third-order valence-electron chi connectivity index (χ3n) is 3.22. The van der Waals surface area contributed by atoms with Crippen LogP contribution in [-0.2, 0) is 0 Å². The number of hydrazine groups is 1. The zero-order chi connectivity index (χ0) is 14.5. The number of likely N-dealkylation sites (N-methyl/N-ethyl adjacent to an activating group) is 1. The molecule has 1 aromatic rings. The van der Waals surface area contributed by atoms with Crippen molar-refractivity contribution in [3.8, 4) is 6.01 Å². The summed E-state index contributed by atoms with van der Waals surface area (Å²) in [5.41, 5.74) is 2.47. The molecule has 0 aromatic carbocycles. The molecule has 0 amide bonds. The van der Waals surface area contributed by atoms with Crippen LogP contribution in [0.1, 0.15) is 19.8 Å². The second-order valence-corrected chi connectivity index (χ2v) is 5.07. The van der Waals surface area contributed by atoms with Crippen LogP contribution in [0.4, 0.5) is 11.9 Å². The molecule has 0 radical (unpaired) electrons. The average molecular weight is 281 g/mol. The Hall–Kier alpha value is -1.67. The summed E-state index contributed by atoms with van der Waals surface area (Å²) in [6.45, 7) is 4.32. The number of nitrogens with two attached hydrogens (primary N) is 1. The number of nitrogen functional groups attached to an aromatic ring is 1. The minimum atomic E-state index is 0.306. The molecular formula is C12H23N7O. The summed E-state index contributed by atoms with van der Waals surface area (Å²) >= 11 is 0. The number of anilines is 2. The molecule has 0 aliphatic carbocycles. The van der Waals surface area contributed by atoms with Crippen LogP contribution in [0.3, 0.4) is 0 Å². The second kappa shape index (κ2) is 6.67. The van der Waals surface area contributed by atoms with Gasteiger partial charge in [0.25, 0.3) is 0 Å². The van der Waals surface area contributed by atoms with E-state index in [9.17, 15) is 0 Å². The van der Waals surface area contributed by atoms with E-state index in [0.29, 0.717) is 30.6 Å². The highest BCUT2D eigenvalue weighted by molar-refractivity contribution is 5.40. The lowest BCUT2D eigenvalue weighted by atomic mass is 10.2. The van der Waals surface area contributed by atoms with Crippen LogP contribution in [0, 0.1) is 0 Å². The number of rotatable bonds is 6. The first-order valence-corrected chi connectivity index (χ1v) is 6.91. The largest absolute Gasteiger partial charge is 0.464 e. The first kappa shape index (κ1) is 14.7. The third-order valence-corrected chi connectivity index (χ3v) is 3.22. The van der Waals surface area contributed by atoms with Crippen LogP contribution < -0.4 is 20.9 Å². The van der Waals surface area contributed by atoms with Crippen molar-refractivity contribution in [1.82, 2.24) is 19.9 Å². The minimum Gasteiger partial charge on any atom is -0.464 e. The van der Waals surface area contributed by atoms with Gasteiger partial charge in [0, 0.05) is 19.1 Å². The first-order chi connectivity index (χ1) is 9.63. The first-order valence-electron chi connectivity index (χ1n) is 6.91. The van der Waals surface area contributed by atoms with Gasteiger partial charge < -0.3 is 14.5 Å². The molecular weight excluding hydrogens is 258 g/mol. The fourth-order valence-electron chi connectivity index (χ4n) is 2.44. The Labute approximate surface area is 119 Å². The standard InChI is InChI=1S/C12H23N7O/c1-4-20-12-15-10(17-13)14-11(16-12)19-7-5-6-9(19)8-18(2)3/h9H,4-8,13H2,1-3H3,(H,14,15,16,17). The molecule has 3 N–H and O–H groups in total. The van der Waals surface area contributed by atoms with Crippen LogP contribution in [0.25, 0.3) is 0 Å². The van der Waals surface area contributed by atoms with Crippen molar-refractivity contribution in [2.75, 3.05) is 44.1 Å². The van der Waals surface area contributed by atoms with E-state index in [-0.39, 0.29) is 0 Å². The van der Waals surface area contributed by atoms with Gasteiger partial charge >= 0.3 is 6.01 Å². The summed E-state index contributed by atoms with van der Waals surface area (Å²) in [6.07, 6.45) is 2.28. The Bertz CT molecular complexity index is 440. The van der Waals surface area contributed by atoms with Crippen LogP contribution >= 0.6 is 0 Å². The highest BCUT2D eigenvalue weighted by Gasteiger charge is 2.28. The molecule has 1 aliphatic heterocycles. The van der Waals surface area contributed by atoms with E-state index in [1.54, 1.807) is 0 Å². The van der Waals surface area contributed by atoms with Gasteiger partial charge in [0.15, 0.2) is 0 Å². The van der Waals surface area contributed by atoms with Crippen molar-refractivity contribution >= 4 is 11.9 Å². The van der Waals surface area contributed by atoms with Crippen molar-refractivity contribution in [2.24, 2.45) is 5.84 Å². The topological polar surface area (TPSA) is 92.4 Å². The van der Waals surface area contributed by atoms with Gasteiger partial charge in [-0.15, -0.1) is 0 Å². The van der Waals surface area contributed by atoms with E-state index in [1.807, 2.05) is 6.92 Å². The normalized spacial score (nSPS) is 18.6. The lowest BCUT2D eigenvalue weighted by Gasteiger charge is -2.27. The minimum absolute atomic E-state index is 0.306. The van der Waals surface area contributed by atoms with Crippen LogP contribution in [0.2, 0.25) is 0 Å². The molecule has 8 heteroatoms. The van der Waals surface area contributed by atoms with Gasteiger partial charge in [0.05, 0.1) is 6.61 Å². The number of nitrogens with zero attached hydrogens (tertiary/aromatic N) is 5. The van der Waals surface area contributed by atoms with Crippen molar-refractivity contribution in [3.05, 3.63) is 0 Å². The molecule has 1 aliphatic rings. The highest BCUT2D eigenvalue weighted by atomic mass is 16.5. The van der Waals surface area contributed by atoms with E-state index < -0.39 is 0 Å². The predicted molar refractivity (Wildman–Crippen MR) is 77.7 cm³/mol. The van der Waals surface area contributed by atoms with Crippen molar-refractivity contribution in [2.45, 2.75) is 25.8 Å². The maximum absolute atomic E-state index is 5.41. The zero-order valence-corrected chi connectivity index (χ0v) is 12.3. The van der Waals surface area contributed by atoms with Crippen LogP contribution in [0.5, 0.6) is 6.01 Å². The van der Waals surface area contributed by atoms with Gasteiger partial charge in [-0.25, -0.2) is 5.84 Å². The fraction of sp³-hybridized carbons (Fsp3) is 0.750. The summed E-state index contributed by atoms with van der Waals surface area (Å²) in [7, 11) is 4.14. The van der Waals surface area contributed by atoms with E-state index in [1.165, 1.54) is 0 Å². The lowest BCUT2D eigenvalue weighted by molar-refractivity contribution is 0.311. The quantitative estimate of drug-likeness (QED) is 0.560. The molecule has 0 bridgehead atoms. The van der Waals surface area contributed by atoms with Gasteiger partial charge in [0.1, 0.15) is 0 Å². The van der Waals surface area contributed by atoms with E-state index in [0.717, 1.165) is 25.9 Å². The molecule has 20 heavy (non-hydrogen) atoms. The van der Waals surface area contributed by atoms with E-state index >= 15 is 0 Å². The van der Waals surface area contributed by atoms with Crippen LogP contribution in [0.15, 0.2) is 0 Å². The average Bonchev–Trinajstić information content (AvgIpc) is 2.86. The SMILES string of the molecule is CCOc1nc(NN)nc(N2CCCC2CN(C)C)n1. The molecule has 2 rings (SSSR count). The predicted octanol–water partition coefficient (Wildman–Crippen LogP) is 0.0863.